The second-order valence-electron chi connectivity index (χ2n) is 27.3. The van der Waals surface area contributed by atoms with Crippen molar-refractivity contribution < 1.29 is 212 Å². The summed E-state index contributed by atoms with van der Waals surface area (Å²) in [5.41, 5.74) is 6.32. The van der Waals surface area contributed by atoms with E-state index >= 15 is 0 Å². The van der Waals surface area contributed by atoms with Crippen molar-refractivity contribution in [3.8, 4) is 0 Å². The summed E-state index contributed by atoms with van der Waals surface area (Å²) < 4.78 is 202. The average molecular weight is 2190 g/mol. The third-order valence-electron chi connectivity index (χ3n) is 17.8. The van der Waals surface area contributed by atoms with Crippen molar-refractivity contribution >= 4 is 43.3 Å². The summed E-state index contributed by atoms with van der Waals surface area (Å²) in [7, 11) is 25.2. The minimum absolute atomic E-state index is 0.00523. The van der Waals surface area contributed by atoms with E-state index in [1.807, 2.05) is 9.13 Å². The van der Waals surface area contributed by atoms with Crippen molar-refractivity contribution in [1.82, 2.24) is 57.7 Å². The molecule has 6 aromatic rings. The minimum atomic E-state index is -1.93. The molecule has 0 aliphatic heterocycles. The molecule has 0 saturated heterocycles. The zero-order chi connectivity index (χ0) is 107. The first-order chi connectivity index (χ1) is 69.8. The van der Waals surface area contributed by atoms with Crippen LogP contribution in [0.25, 0.3) is 0 Å². The van der Waals surface area contributed by atoms with Crippen LogP contribution in [0.1, 0.15) is 99.2 Å². The number of imidazole rings is 6. The molecule has 0 aliphatic rings. The van der Waals surface area contributed by atoms with E-state index in [0.717, 1.165) is 40.0 Å². The van der Waals surface area contributed by atoms with Gasteiger partial charge in [-0.3, -0.25) is 8.63 Å². The van der Waals surface area contributed by atoms with E-state index in [4.69, 9.17) is 150 Å². The topological polar surface area (TPSA) is 524 Å². The Morgan fingerprint density at radius 2 is 0.608 bits per heavy atom. The van der Waals surface area contributed by atoms with E-state index in [0.29, 0.717) is 313 Å². The fraction of sp³-hybridized carbons (Fsp3) is 0.747. The summed E-state index contributed by atoms with van der Waals surface area (Å²) in [4.78, 5) is 72.9. The van der Waals surface area contributed by atoms with Crippen molar-refractivity contribution in [1.29, 1.82) is 0 Å². The Hall–Kier alpha value is -7.20. The van der Waals surface area contributed by atoms with Crippen LogP contribution >= 0.6 is 11.6 Å². The van der Waals surface area contributed by atoms with Crippen molar-refractivity contribution in [2.24, 2.45) is 0 Å². The van der Waals surface area contributed by atoms with Crippen molar-refractivity contribution in [3.05, 3.63) is 105 Å². The van der Waals surface area contributed by atoms with E-state index in [1.54, 1.807) is 110 Å². The summed E-state index contributed by atoms with van der Waals surface area (Å²) in [5.74, 6) is -0.749. The van der Waals surface area contributed by atoms with Gasteiger partial charge in [0.2, 0.25) is 0 Å². The Bertz CT molecular complexity index is 3860. The fourth-order valence-electron chi connectivity index (χ4n) is 10.8. The van der Waals surface area contributed by atoms with Gasteiger partial charge in [-0.25, -0.2) is 49.1 Å². The van der Waals surface area contributed by atoms with Crippen LogP contribution in [0.5, 0.6) is 0 Å². The molecule has 56 heteroatoms. The molecule has 834 valence electrons. The van der Waals surface area contributed by atoms with Crippen LogP contribution in [-0.2, 0) is 262 Å². The molecule has 0 saturated carbocycles. The van der Waals surface area contributed by atoms with Crippen LogP contribution in [0, 0.1) is 0 Å². The predicted molar refractivity (Wildman–Crippen MR) is 501 cm³/mol. The summed E-state index contributed by atoms with van der Waals surface area (Å²) in [5, 5.41) is 27.7. The number of halogens is 5. The van der Waals surface area contributed by atoms with Gasteiger partial charge in [0.15, 0.2) is 22.8 Å². The number of rotatable bonds is 77. The van der Waals surface area contributed by atoms with Gasteiger partial charge in [0.05, 0.1) is 364 Å². The maximum absolute atomic E-state index is 11.7. The number of nitrogens with one attached hydrogen (secondary N) is 1. The molecule has 0 bridgehead atoms. The van der Waals surface area contributed by atoms with Gasteiger partial charge >= 0.3 is 58.6 Å². The Kier molecular flexibility index (Phi) is 101. The number of ether oxygens (including phenoxy) is 30. The molecule has 6 rings (SSSR count). The molecule has 143 heavy (non-hydrogen) atoms. The van der Waals surface area contributed by atoms with Crippen LogP contribution in [0.2, 0.25) is 0 Å². The van der Waals surface area contributed by atoms with Gasteiger partial charge in [0, 0.05) is 131 Å². The summed E-state index contributed by atoms with van der Waals surface area (Å²) in [6.07, 6.45) is 5.98. The van der Waals surface area contributed by atoms with Gasteiger partial charge in [-0.1, -0.05) is 0 Å². The summed E-state index contributed by atoms with van der Waals surface area (Å²) >= 11 is 3.38. The van der Waals surface area contributed by atoms with Crippen molar-refractivity contribution in [2.45, 2.75) is 98.8 Å². The van der Waals surface area contributed by atoms with Gasteiger partial charge < -0.3 is 185 Å². The first-order valence-electron chi connectivity index (χ1n) is 44.5. The molecule has 49 nitrogen and oxygen atoms in total. The average Bonchev–Trinajstić information content (AvgIpc) is 1.67. The predicted octanol–water partition coefficient (Wildman–Crippen LogP) is 4.09. The van der Waals surface area contributed by atoms with E-state index in [1.165, 1.54) is 45.7 Å². The van der Waals surface area contributed by atoms with Crippen molar-refractivity contribution in [2.75, 3.05) is 338 Å². The Morgan fingerprint density at radius 3 is 0.958 bits per heavy atom. The third kappa shape index (κ3) is 68.9. The number of H-pyrrole nitrogens is 1. The molecule has 0 fully saturated rings. The third-order valence-corrected chi connectivity index (χ3v) is 18.0. The van der Waals surface area contributed by atoms with Crippen LogP contribution in [0.4, 0.5) is 14.7 Å². The quantitative estimate of drug-likeness (QED) is 0.0104. The number of nitrogens with zero attached hydrogens (tertiary/aromatic N) is 11. The molecule has 0 atom stereocenters. The van der Waals surface area contributed by atoms with Crippen LogP contribution in [-0.4, -0.2) is 443 Å². The van der Waals surface area contributed by atoms with E-state index in [2.05, 4.69) is 53.4 Å². The summed E-state index contributed by atoms with van der Waals surface area (Å²) in [6.45, 7) is 22.1. The number of aromatic nitrogens is 12. The Balaban J connectivity index is -0.00000162. The second-order valence-corrected chi connectivity index (χ2v) is 27.9. The summed E-state index contributed by atoms with van der Waals surface area (Å²) in [6, 6.07) is 0. The first-order valence-corrected chi connectivity index (χ1v) is 46.2. The molecule has 4 N–H and O–H groups in total. The molecule has 0 unspecified atom stereocenters. The number of hydrogen-bond acceptors (Lipinski definition) is 43. The number of aliphatic hydroxyl groups is 3. The molecule has 6 heterocycles. The zero-order valence-electron chi connectivity index (χ0n) is 85.7. The SMILES string of the molecule is COC(=O)c1nc[nH]c1C(=O)OC.COCCOCCCl.COCCOCCn1c(CO)nc(COCCOC)c1COCCOC.COCCOCCn1c(COCCOC)nc(COCCOC)c1COCCOC.COCCOCCn1cnc(C(=O)OC)c1C(=O)OC.COCCOCCn1cnc(CO)c1CO.COCCOCCn1cnc(COCCOC)c1COCCOC.F[B]F.[F][Ag][F]. The molecule has 6 aromatic heterocycles. The van der Waals surface area contributed by atoms with E-state index < -0.39 is 52.6 Å². The van der Waals surface area contributed by atoms with E-state index in [-0.39, 0.29) is 42.6 Å². The zero-order valence-corrected chi connectivity index (χ0v) is 87.9. The molecule has 0 spiro atoms. The number of carbonyl (C=O) groups is 4. The molecule has 0 aliphatic carbocycles. The van der Waals surface area contributed by atoms with Crippen LogP contribution in [0.15, 0.2) is 25.3 Å². The molecule has 0 amide bonds. The number of methoxy groups -OCH3 is 17. The number of hydrogen-bond donors (Lipinski definition) is 4. The van der Waals surface area contributed by atoms with Gasteiger partial charge in [0.25, 0.3) is 0 Å². The first kappa shape index (κ1) is 140. The Labute approximate surface area is 851 Å². The molecule has 1 radical (unpaired) electrons. The standard InChI is InChI=1S/C20H38N2O8.C17H32N2O7.C16H30N2O6.C12H18N2O6.C10H18N2O4.C7H8N2O4.C5H11ClO2.Ag.BF2.2FH/c1-23-7-11-27-6-5-22-19(16-29-13-9-25-3)18(15-28-12-8-24-2)21-20(22)17-30-14-10-26-4;1-21-6-9-24-5-4-19-16(14-26-11-8-23-3)15(18-17(19)12-20)13-25-10-7-22-2;1-19-6-9-22-5-4-18-14-17-15(12-23-10-7-20-2)16(18)13-24-11-8-21-3;1-17-6-7-20-5-4-14-8-13-9(11(15)18-2)10(14)12(16)19-3;1-15-4-5-16-3-2-12-8-11-9(6-13)10(12)7-14;1-12-6(10)4-5(7(11)13-2)9-3-8-4;1-7-4-5-8-3-2-6;;2-1-3;;/h5-17H2,1-4H3;20H,4-14H2,1-3H3;14H,4-13H2,1-3H3;8H,4-7H2,1-3H3;8,13-14H,2-7H2,1H3;3H,1-2H3,(H,8,9);2-5H2,1H3;;;2*1H/q;;;;;;;+2;;;/p-2. The normalized spacial score (nSPS) is 10.7. The van der Waals surface area contributed by atoms with Gasteiger partial charge in [0.1, 0.15) is 24.9 Å². The number of carbonyl (C=O) groups excluding carboxylic acids is 4. The molecular weight excluding hydrogens is 2040 g/mol. The number of esters is 4. The van der Waals surface area contributed by atoms with Gasteiger partial charge in [-0.05, 0) is 0 Å². The van der Waals surface area contributed by atoms with E-state index in [9.17, 15) is 39.0 Å². The van der Waals surface area contributed by atoms with Gasteiger partial charge in [-0.2, -0.15) is 0 Å². The fourth-order valence-corrected chi connectivity index (χ4v) is 10.9. The second kappa shape index (κ2) is 103. The number of aromatic amines is 1. The van der Waals surface area contributed by atoms with Crippen molar-refractivity contribution in [3.63, 3.8) is 0 Å². The number of aliphatic hydroxyl groups excluding tert-OH is 3. The number of alkyl halides is 1. The van der Waals surface area contributed by atoms with Gasteiger partial charge in [-0.15, -0.1) is 11.6 Å². The van der Waals surface area contributed by atoms with Crippen LogP contribution < -0.4 is 0 Å². The maximum atomic E-state index is 11.7. The molecule has 0 aromatic carbocycles. The van der Waals surface area contributed by atoms with Crippen LogP contribution in [0.3, 0.4) is 0 Å². The Morgan fingerprint density at radius 1 is 0.315 bits per heavy atom. The molecular formula is C87H155AgBClF4N12O37. The monoisotopic (exact) mass is 2190 g/mol.